The first-order valence-electron chi connectivity index (χ1n) is 9.32. The molecule has 0 spiro atoms. The monoisotopic (exact) mass is 348 g/mol. The van der Waals surface area contributed by atoms with E-state index in [1.54, 1.807) is 18.2 Å². The molecule has 0 aliphatic heterocycles. The molecule has 0 heterocycles. The van der Waals surface area contributed by atoms with Crippen molar-refractivity contribution in [3.63, 3.8) is 0 Å². The van der Waals surface area contributed by atoms with E-state index < -0.39 is 0 Å². The summed E-state index contributed by atoms with van der Waals surface area (Å²) in [4.78, 5) is 24.4. The van der Waals surface area contributed by atoms with Gasteiger partial charge in [-0.2, -0.15) is 0 Å². The van der Waals surface area contributed by atoms with Gasteiger partial charge in [-0.25, -0.2) is 4.39 Å². The molecule has 2 amide bonds. The highest BCUT2D eigenvalue weighted by molar-refractivity contribution is 5.81. The van der Waals surface area contributed by atoms with Gasteiger partial charge in [0.15, 0.2) is 0 Å². The second-order valence-corrected chi connectivity index (χ2v) is 7.00. The number of halogens is 1. The highest BCUT2D eigenvalue weighted by atomic mass is 19.1. The molecule has 1 aromatic carbocycles. The Morgan fingerprint density at radius 2 is 1.72 bits per heavy atom. The maximum atomic E-state index is 13.6. The van der Waals surface area contributed by atoms with Crippen LogP contribution in [-0.4, -0.2) is 24.4 Å². The molecule has 4 nitrogen and oxygen atoms in total. The van der Waals surface area contributed by atoms with Crippen molar-refractivity contribution in [2.75, 3.05) is 6.54 Å². The van der Waals surface area contributed by atoms with Gasteiger partial charge in [0.25, 0.3) is 0 Å². The van der Waals surface area contributed by atoms with Gasteiger partial charge in [0.2, 0.25) is 11.8 Å². The topological polar surface area (TPSA) is 58.2 Å². The zero-order chi connectivity index (χ0) is 18.2. The molecule has 0 aromatic heterocycles. The van der Waals surface area contributed by atoms with Gasteiger partial charge in [0.1, 0.15) is 5.82 Å². The smallest absolute Gasteiger partial charge is 0.223 e. The largest absolute Gasteiger partial charge is 0.356 e. The fourth-order valence-electron chi connectivity index (χ4n) is 3.25. The van der Waals surface area contributed by atoms with Crippen LogP contribution >= 0.6 is 0 Å². The van der Waals surface area contributed by atoms with Crippen LogP contribution in [0.2, 0.25) is 0 Å². The molecule has 1 unspecified atom stereocenters. The Bertz CT molecular complexity index is 583. The average Bonchev–Trinajstić information content (AvgIpc) is 2.63. The number of amides is 2. The fourth-order valence-corrected chi connectivity index (χ4v) is 3.25. The summed E-state index contributed by atoms with van der Waals surface area (Å²) in [5, 5.41) is 5.93. The first-order valence-corrected chi connectivity index (χ1v) is 9.32. The molecule has 138 valence electrons. The van der Waals surface area contributed by atoms with Crippen LogP contribution < -0.4 is 10.6 Å². The summed E-state index contributed by atoms with van der Waals surface area (Å²) in [5.41, 5.74) is 0.619. The first-order chi connectivity index (χ1) is 12.0. The Labute approximate surface area is 149 Å². The second kappa shape index (κ2) is 9.54. The van der Waals surface area contributed by atoms with Gasteiger partial charge < -0.3 is 10.6 Å². The highest BCUT2D eigenvalue weighted by Crippen LogP contribution is 2.29. The normalized spacial score (nSPS) is 21.4. The molecule has 1 aromatic rings. The number of benzene rings is 1. The third-order valence-corrected chi connectivity index (χ3v) is 5.12. The number of nitrogens with one attached hydrogen (secondary N) is 2. The van der Waals surface area contributed by atoms with Gasteiger partial charge in [0.05, 0.1) is 0 Å². The van der Waals surface area contributed by atoms with Crippen molar-refractivity contribution in [3.05, 3.63) is 35.6 Å². The predicted molar refractivity (Wildman–Crippen MR) is 96.5 cm³/mol. The zero-order valence-corrected chi connectivity index (χ0v) is 15.2. The van der Waals surface area contributed by atoms with Gasteiger partial charge in [-0.3, -0.25) is 9.59 Å². The summed E-state index contributed by atoms with van der Waals surface area (Å²) in [6.07, 6.45) is 4.41. The Kier molecular flexibility index (Phi) is 7.41. The SMILES string of the molecule is CCC(C)NC(=O)C1CCC(C(=O)NCCc2ccccc2F)CC1. The molecule has 0 radical (unpaired) electrons. The maximum Gasteiger partial charge on any atom is 0.223 e. The molecule has 0 saturated heterocycles. The average molecular weight is 348 g/mol. The fraction of sp³-hybridized carbons (Fsp3) is 0.600. The maximum absolute atomic E-state index is 13.6. The molecule has 2 N–H and O–H groups in total. The van der Waals surface area contributed by atoms with Crippen LogP contribution in [0.15, 0.2) is 24.3 Å². The lowest BCUT2D eigenvalue weighted by Crippen LogP contribution is -2.40. The van der Waals surface area contributed by atoms with E-state index >= 15 is 0 Å². The molecular weight excluding hydrogens is 319 g/mol. The van der Waals surface area contributed by atoms with Crippen molar-refractivity contribution in [2.45, 2.75) is 58.4 Å². The van der Waals surface area contributed by atoms with E-state index in [1.165, 1.54) is 6.07 Å². The van der Waals surface area contributed by atoms with E-state index in [1.807, 2.05) is 13.8 Å². The lowest BCUT2D eigenvalue weighted by molar-refractivity contribution is -0.130. The van der Waals surface area contributed by atoms with Gasteiger partial charge in [-0.05, 0) is 57.1 Å². The summed E-state index contributed by atoms with van der Waals surface area (Å²) in [6, 6.07) is 6.83. The van der Waals surface area contributed by atoms with Crippen LogP contribution in [0.3, 0.4) is 0 Å². The Hall–Kier alpha value is -1.91. The van der Waals surface area contributed by atoms with E-state index in [4.69, 9.17) is 0 Å². The van der Waals surface area contributed by atoms with Crippen molar-refractivity contribution < 1.29 is 14.0 Å². The minimum atomic E-state index is -0.232. The predicted octanol–water partition coefficient (Wildman–Crippen LogP) is 3.21. The van der Waals surface area contributed by atoms with E-state index in [0.717, 1.165) is 32.1 Å². The van der Waals surface area contributed by atoms with Crippen LogP contribution in [0, 0.1) is 17.7 Å². The van der Waals surface area contributed by atoms with Crippen molar-refractivity contribution in [2.24, 2.45) is 11.8 Å². The van der Waals surface area contributed by atoms with Crippen molar-refractivity contribution in [1.29, 1.82) is 0 Å². The van der Waals surface area contributed by atoms with E-state index in [2.05, 4.69) is 10.6 Å². The first kappa shape index (κ1) is 19.4. The van der Waals surface area contributed by atoms with Crippen LogP contribution in [0.5, 0.6) is 0 Å². The zero-order valence-electron chi connectivity index (χ0n) is 15.2. The van der Waals surface area contributed by atoms with Crippen molar-refractivity contribution in [3.8, 4) is 0 Å². The molecule has 2 rings (SSSR count). The third-order valence-electron chi connectivity index (χ3n) is 5.12. The Morgan fingerprint density at radius 1 is 1.12 bits per heavy atom. The Balaban J connectivity index is 1.70. The standard InChI is InChI=1S/C20H29FN2O2/c1-3-14(2)23-20(25)17-10-8-16(9-11-17)19(24)22-13-12-15-6-4-5-7-18(15)21/h4-7,14,16-17H,3,8-13H2,1-2H3,(H,22,24)(H,23,25). The third kappa shape index (κ3) is 5.83. The molecule has 5 heteroatoms. The van der Waals surface area contributed by atoms with E-state index in [0.29, 0.717) is 18.5 Å². The van der Waals surface area contributed by atoms with E-state index in [-0.39, 0.29) is 35.5 Å². The lowest BCUT2D eigenvalue weighted by atomic mass is 9.81. The molecule has 1 aliphatic rings. The van der Waals surface area contributed by atoms with Gasteiger partial charge >= 0.3 is 0 Å². The van der Waals surface area contributed by atoms with Gasteiger partial charge in [-0.1, -0.05) is 25.1 Å². The minimum Gasteiger partial charge on any atom is -0.356 e. The molecule has 1 aliphatic carbocycles. The minimum absolute atomic E-state index is 0.0245. The van der Waals surface area contributed by atoms with Crippen LogP contribution in [0.25, 0.3) is 0 Å². The summed E-state index contributed by atoms with van der Waals surface area (Å²) in [7, 11) is 0. The van der Waals surface area contributed by atoms with Crippen LogP contribution in [0.1, 0.15) is 51.5 Å². The highest BCUT2D eigenvalue weighted by Gasteiger charge is 2.30. The molecule has 25 heavy (non-hydrogen) atoms. The van der Waals surface area contributed by atoms with Crippen molar-refractivity contribution in [1.82, 2.24) is 10.6 Å². The number of carbonyl (C=O) groups excluding carboxylic acids is 2. The number of hydrogen-bond acceptors (Lipinski definition) is 2. The molecular formula is C20H29FN2O2. The van der Waals surface area contributed by atoms with Gasteiger partial charge in [0, 0.05) is 24.4 Å². The number of hydrogen-bond donors (Lipinski definition) is 2. The molecule has 1 fully saturated rings. The lowest BCUT2D eigenvalue weighted by Gasteiger charge is -2.28. The molecule has 1 saturated carbocycles. The summed E-state index contributed by atoms with van der Waals surface area (Å²) in [6.45, 7) is 4.49. The summed E-state index contributed by atoms with van der Waals surface area (Å²) >= 11 is 0. The summed E-state index contributed by atoms with van der Waals surface area (Å²) < 4.78 is 13.6. The van der Waals surface area contributed by atoms with Crippen LogP contribution in [0.4, 0.5) is 4.39 Å². The van der Waals surface area contributed by atoms with Crippen molar-refractivity contribution >= 4 is 11.8 Å². The molecule has 0 bridgehead atoms. The second-order valence-electron chi connectivity index (χ2n) is 7.00. The summed E-state index contributed by atoms with van der Waals surface area (Å²) in [5.74, 6) is -0.0980. The number of carbonyl (C=O) groups is 2. The van der Waals surface area contributed by atoms with Gasteiger partial charge in [-0.15, -0.1) is 0 Å². The number of rotatable bonds is 7. The Morgan fingerprint density at radius 3 is 2.32 bits per heavy atom. The van der Waals surface area contributed by atoms with Crippen LogP contribution in [-0.2, 0) is 16.0 Å². The molecule has 1 atom stereocenters. The van der Waals surface area contributed by atoms with E-state index in [9.17, 15) is 14.0 Å². The quantitative estimate of drug-likeness (QED) is 0.795.